The number of benzene rings is 2. The zero-order valence-corrected chi connectivity index (χ0v) is 20.5. The molecule has 1 aliphatic carbocycles. The first-order chi connectivity index (χ1) is 17.6. The molecule has 3 heterocycles. The standard InChI is InChI=1S/C26H22ClF3N6O/c1-16-12-34(15-31-16)22-7-6-18(10-19(22)27)20-13-36(33-32-20)23-11-25(23)9-8-17-4-2-3-5-21(17)35(24(25)37)14-26(28,29)30/h2-7,10,12-13,15,23H,8-9,11,14H2,1H3. The van der Waals surface area contributed by atoms with Crippen LogP contribution in [0.2, 0.25) is 5.02 Å². The Labute approximate surface area is 215 Å². The lowest BCUT2D eigenvalue weighted by Crippen LogP contribution is -2.43. The van der Waals surface area contributed by atoms with E-state index in [2.05, 4.69) is 15.3 Å². The van der Waals surface area contributed by atoms with Crippen LogP contribution in [0.4, 0.5) is 18.9 Å². The molecule has 2 aromatic carbocycles. The average molecular weight is 527 g/mol. The number of aryl methyl sites for hydroxylation is 2. The van der Waals surface area contributed by atoms with Gasteiger partial charge in [-0.25, -0.2) is 9.67 Å². The first kappa shape index (κ1) is 23.7. The largest absolute Gasteiger partial charge is 0.406 e. The van der Waals surface area contributed by atoms with Crippen molar-refractivity contribution in [2.45, 2.75) is 38.4 Å². The van der Waals surface area contributed by atoms with E-state index < -0.39 is 24.0 Å². The number of nitrogens with zero attached hydrogens (tertiary/aromatic N) is 6. The number of carbonyl (C=O) groups is 1. The molecule has 1 amide bonds. The Balaban J connectivity index is 1.28. The van der Waals surface area contributed by atoms with Crippen LogP contribution in [0.3, 0.4) is 0 Å². The minimum Gasteiger partial charge on any atom is -0.305 e. The summed E-state index contributed by atoms with van der Waals surface area (Å²) in [6, 6.07) is 12.0. The summed E-state index contributed by atoms with van der Waals surface area (Å²) in [4.78, 5) is 18.7. The fourth-order valence-corrected chi connectivity index (χ4v) is 5.56. The Kier molecular flexibility index (Phi) is 5.41. The van der Waals surface area contributed by atoms with Gasteiger partial charge in [0.2, 0.25) is 5.91 Å². The van der Waals surface area contributed by atoms with Crippen molar-refractivity contribution in [1.29, 1.82) is 0 Å². The molecule has 6 rings (SSSR count). The SMILES string of the molecule is Cc1cn(-c2ccc(-c3cn(C4CC45CCc4ccccc4N(CC(F)(F)F)C5=O)nn3)cc2Cl)cn1. The molecule has 1 fully saturated rings. The van der Waals surface area contributed by atoms with Gasteiger partial charge >= 0.3 is 6.18 Å². The van der Waals surface area contributed by atoms with Crippen LogP contribution < -0.4 is 4.90 Å². The highest BCUT2D eigenvalue weighted by Crippen LogP contribution is 2.61. The van der Waals surface area contributed by atoms with Crippen molar-refractivity contribution < 1.29 is 18.0 Å². The minimum atomic E-state index is -4.51. The molecule has 190 valence electrons. The molecule has 11 heteroatoms. The number of imidazole rings is 1. The Bertz CT molecular complexity index is 1510. The molecular formula is C26H22ClF3N6O. The predicted molar refractivity (Wildman–Crippen MR) is 132 cm³/mol. The maximum atomic E-state index is 13.6. The lowest BCUT2D eigenvalue weighted by molar-refractivity contribution is -0.136. The summed E-state index contributed by atoms with van der Waals surface area (Å²) >= 11 is 6.53. The fraction of sp³-hybridized carbons (Fsp3) is 0.308. The number of rotatable bonds is 4. The first-order valence-electron chi connectivity index (χ1n) is 11.8. The van der Waals surface area contributed by atoms with E-state index in [0.717, 1.165) is 27.4 Å². The molecule has 1 saturated carbocycles. The van der Waals surface area contributed by atoms with Crippen LogP contribution in [-0.4, -0.2) is 43.2 Å². The van der Waals surface area contributed by atoms with Gasteiger partial charge in [-0.3, -0.25) is 4.79 Å². The molecule has 4 aromatic rings. The van der Waals surface area contributed by atoms with Crippen molar-refractivity contribution in [2.75, 3.05) is 11.4 Å². The van der Waals surface area contributed by atoms with E-state index in [1.165, 1.54) is 0 Å². The highest BCUT2D eigenvalue weighted by atomic mass is 35.5. The third-order valence-electron chi connectivity index (χ3n) is 7.23. The summed E-state index contributed by atoms with van der Waals surface area (Å²) < 4.78 is 43.8. The molecule has 2 aliphatic rings. The molecule has 1 aliphatic heterocycles. The highest BCUT2D eigenvalue weighted by molar-refractivity contribution is 6.32. The van der Waals surface area contributed by atoms with Gasteiger partial charge in [0.1, 0.15) is 12.2 Å². The molecule has 0 bridgehead atoms. The van der Waals surface area contributed by atoms with Crippen LogP contribution in [0.15, 0.2) is 61.2 Å². The number of anilines is 1. The Hall–Kier alpha value is -3.66. The van der Waals surface area contributed by atoms with Crippen molar-refractivity contribution in [2.24, 2.45) is 5.41 Å². The van der Waals surface area contributed by atoms with E-state index in [9.17, 15) is 18.0 Å². The number of fused-ring (bicyclic) bond motifs is 1. The Morgan fingerprint density at radius 3 is 2.68 bits per heavy atom. The summed E-state index contributed by atoms with van der Waals surface area (Å²) in [6.07, 6.45) is 2.14. The van der Waals surface area contributed by atoms with Crippen molar-refractivity contribution in [1.82, 2.24) is 24.5 Å². The number of hydrogen-bond donors (Lipinski definition) is 0. The molecule has 0 N–H and O–H groups in total. The number of amides is 1. The van der Waals surface area contributed by atoms with Gasteiger partial charge in [-0.1, -0.05) is 41.1 Å². The molecule has 2 unspecified atom stereocenters. The summed E-state index contributed by atoms with van der Waals surface area (Å²) in [7, 11) is 0. The lowest BCUT2D eigenvalue weighted by atomic mass is 9.96. The molecule has 0 saturated heterocycles. The van der Waals surface area contributed by atoms with Gasteiger partial charge in [0.25, 0.3) is 0 Å². The van der Waals surface area contributed by atoms with E-state index in [1.54, 1.807) is 47.5 Å². The highest BCUT2D eigenvalue weighted by Gasteiger charge is 2.64. The van der Waals surface area contributed by atoms with Crippen molar-refractivity contribution in [3.63, 3.8) is 0 Å². The summed E-state index contributed by atoms with van der Waals surface area (Å²) in [5, 5.41) is 9.02. The predicted octanol–water partition coefficient (Wildman–Crippen LogP) is 5.57. The van der Waals surface area contributed by atoms with Gasteiger partial charge in [-0.05, 0) is 49.9 Å². The van der Waals surface area contributed by atoms with Crippen LogP contribution >= 0.6 is 11.6 Å². The van der Waals surface area contributed by atoms with E-state index in [4.69, 9.17) is 11.6 Å². The zero-order chi connectivity index (χ0) is 25.9. The van der Waals surface area contributed by atoms with Crippen LogP contribution in [0.25, 0.3) is 16.9 Å². The van der Waals surface area contributed by atoms with E-state index in [0.29, 0.717) is 35.7 Å². The quantitative estimate of drug-likeness (QED) is 0.349. The first-order valence-corrected chi connectivity index (χ1v) is 12.2. The zero-order valence-electron chi connectivity index (χ0n) is 19.8. The number of para-hydroxylation sites is 1. The van der Waals surface area contributed by atoms with E-state index in [-0.39, 0.29) is 6.04 Å². The van der Waals surface area contributed by atoms with Gasteiger partial charge in [-0.15, -0.1) is 5.10 Å². The molecule has 1 spiro atoms. The molecule has 37 heavy (non-hydrogen) atoms. The molecule has 2 atom stereocenters. The monoisotopic (exact) mass is 526 g/mol. The number of hydrogen-bond acceptors (Lipinski definition) is 4. The molecule has 0 radical (unpaired) electrons. The van der Waals surface area contributed by atoms with Gasteiger partial charge in [-0.2, -0.15) is 13.2 Å². The minimum absolute atomic E-state index is 0.328. The van der Waals surface area contributed by atoms with E-state index >= 15 is 0 Å². The van der Waals surface area contributed by atoms with Crippen LogP contribution in [0.5, 0.6) is 0 Å². The third kappa shape index (κ3) is 4.19. The second kappa shape index (κ2) is 8.44. The second-order valence-electron chi connectivity index (χ2n) is 9.68. The number of alkyl halides is 3. The van der Waals surface area contributed by atoms with Gasteiger partial charge in [0, 0.05) is 17.4 Å². The van der Waals surface area contributed by atoms with Crippen molar-refractivity contribution in [3.8, 4) is 16.9 Å². The second-order valence-corrected chi connectivity index (χ2v) is 10.1. The van der Waals surface area contributed by atoms with Crippen molar-refractivity contribution >= 4 is 23.2 Å². The maximum Gasteiger partial charge on any atom is 0.406 e. The lowest BCUT2D eigenvalue weighted by Gasteiger charge is -2.27. The third-order valence-corrected chi connectivity index (χ3v) is 7.53. The average Bonchev–Trinajstić information content (AvgIpc) is 3.18. The smallest absolute Gasteiger partial charge is 0.305 e. The summed E-state index contributed by atoms with van der Waals surface area (Å²) in [6.45, 7) is 0.572. The molecule has 2 aromatic heterocycles. The summed E-state index contributed by atoms with van der Waals surface area (Å²) in [5.74, 6) is -0.514. The molecular weight excluding hydrogens is 505 g/mol. The normalized spacial score (nSPS) is 21.3. The van der Waals surface area contributed by atoms with Crippen LogP contribution in [0.1, 0.15) is 30.1 Å². The number of carbonyl (C=O) groups excluding carboxylic acids is 1. The topological polar surface area (TPSA) is 68.8 Å². The molecule has 7 nitrogen and oxygen atoms in total. The van der Waals surface area contributed by atoms with Crippen LogP contribution in [-0.2, 0) is 11.2 Å². The van der Waals surface area contributed by atoms with Crippen molar-refractivity contribution in [3.05, 3.63) is 77.5 Å². The van der Waals surface area contributed by atoms with E-state index in [1.807, 2.05) is 29.8 Å². The number of aromatic nitrogens is 5. The number of halogens is 4. The Morgan fingerprint density at radius 1 is 1.14 bits per heavy atom. The Morgan fingerprint density at radius 2 is 1.95 bits per heavy atom. The van der Waals surface area contributed by atoms with Gasteiger partial charge in [0.05, 0.1) is 40.4 Å². The summed E-state index contributed by atoms with van der Waals surface area (Å²) in [5.41, 5.74) is 3.06. The van der Waals surface area contributed by atoms with Gasteiger partial charge in [0.15, 0.2) is 0 Å². The van der Waals surface area contributed by atoms with Crippen LogP contribution in [0, 0.1) is 12.3 Å². The maximum absolute atomic E-state index is 13.6. The fourth-order valence-electron chi connectivity index (χ4n) is 5.29. The van der Waals surface area contributed by atoms with Gasteiger partial charge < -0.3 is 9.47 Å².